The number of carbonyl (C=O) groups is 1. The van der Waals surface area contributed by atoms with Crippen LogP contribution in [0.4, 0.5) is 10.3 Å². The summed E-state index contributed by atoms with van der Waals surface area (Å²) in [5.74, 6) is 1.11. The average Bonchev–Trinajstić information content (AvgIpc) is 3.03. The molecule has 2 aromatic rings. The molecule has 0 bridgehead atoms. The summed E-state index contributed by atoms with van der Waals surface area (Å²) in [7, 11) is 0. The molecule has 20 heavy (non-hydrogen) atoms. The lowest BCUT2D eigenvalue weighted by atomic mass is 10.3. The first kappa shape index (κ1) is 12.9. The van der Waals surface area contributed by atoms with E-state index >= 15 is 0 Å². The lowest BCUT2D eigenvalue weighted by Crippen LogP contribution is -2.22. The summed E-state index contributed by atoms with van der Waals surface area (Å²) in [6.07, 6.45) is 0. The highest BCUT2D eigenvalue weighted by Gasteiger charge is 2.19. The summed E-state index contributed by atoms with van der Waals surface area (Å²) in [5, 5.41) is 11.3. The van der Waals surface area contributed by atoms with Gasteiger partial charge >= 0.3 is 0 Å². The van der Waals surface area contributed by atoms with Gasteiger partial charge in [0.1, 0.15) is 11.6 Å². The molecule has 1 aliphatic heterocycles. The molecule has 1 aromatic carbocycles. The minimum atomic E-state index is -0.349. The van der Waals surface area contributed by atoms with E-state index in [1.807, 2.05) is 4.57 Å². The Bertz CT molecular complexity index is 629. The number of anilines is 1. The van der Waals surface area contributed by atoms with Gasteiger partial charge < -0.3 is 4.74 Å². The molecule has 1 N–H and O–H groups in total. The number of benzene rings is 1. The molecule has 0 spiro atoms. The zero-order chi connectivity index (χ0) is 13.9. The van der Waals surface area contributed by atoms with Crippen LogP contribution in [0.1, 0.15) is 0 Å². The van der Waals surface area contributed by atoms with Crippen molar-refractivity contribution in [3.63, 3.8) is 0 Å². The predicted molar refractivity (Wildman–Crippen MR) is 71.3 cm³/mol. The number of nitrogens with zero attached hydrogens (tertiary/aromatic N) is 3. The van der Waals surface area contributed by atoms with Crippen molar-refractivity contribution in [2.75, 3.05) is 17.7 Å². The molecule has 104 valence electrons. The normalized spacial score (nSPS) is 13.1. The number of rotatable bonds is 4. The largest absolute Gasteiger partial charge is 0.484 e. The van der Waals surface area contributed by atoms with Crippen LogP contribution in [0, 0.1) is 5.82 Å². The lowest BCUT2D eigenvalue weighted by Gasteiger charge is -2.07. The standard InChI is InChI=1S/C12H11FN4O2S/c13-8-1-3-9(4-2-8)19-7-10(18)14-11-15-16-12-17(11)5-6-20-12/h1-4H,5-7H2,(H,14,15,18). The van der Waals surface area contributed by atoms with Gasteiger partial charge in [-0.3, -0.25) is 14.7 Å². The van der Waals surface area contributed by atoms with E-state index < -0.39 is 0 Å². The molecule has 0 aliphatic carbocycles. The van der Waals surface area contributed by atoms with Gasteiger partial charge in [-0.1, -0.05) is 11.8 Å². The first-order chi connectivity index (χ1) is 9.72. The van der Waals surface area contributed by atoms with Crippen LogP contribution >= 0.6 is 11.8 Å². The van der Waals surface area contributed by atoms with Crippen molar-refractivity contribution >= 4 is 23.6 Å². The Hall–Kier alpha value is -2.09. The summed E-state index contributed by atoms with van der Waals surface area (Å²) >= 11 is 1.60. The van der Waals surface area contributed by atoms with E-state index in [-0.39, 0.29) is 18.3 Å². The van der Waals surface area contributed by atoms with Crippen molar-refractivity contribution in [2.45, 2.75) is 11.7 Å². The number of ether oxygens (including phenoxy) is 1. The summed E-state index contributed by atoms with van der Waals surface area (Å²) in [6, 6.07) is 5.48. The van der Waals surface area contributed by atoms with E-state index in [0.29, 0.717) is 11.7 Å². The Morgan fingerprint density at radius 2 is 2.20 bits per heavy atom. The number of carbonyl (C=O) groups excluding carboxylic acids is 1. The molecule has 8 heteroatoms. The zero-order valence-electron chi connectivity index (χ0n) is 10.4. The summed E-state index contributed by atoms with van der Waals surface area (Å²) < 4.78 is 19.8. The van der Waals surface area contributed by atoms with Crippen LogP contribution in [0.5, 0.6) is 5.75 Å². The highest BCUT2D eigenvalue weighted by atomic mass is 32.2. The molecule has 2 heterocycles. The molecule has 1 aromatic heterocycles. The first-order valence-electron chi connectivity index (χ1n) is 5.96. The Morgan fingerprint density at radius 3 is 3.00 bits per heavy atom. The quantitative estimate of drug-likeness (QED) is 0.926. The second kappa shape index (κ2) is 5.49. The molecule has 0 radical (unpaired) electrons. The van der Waals surface area contributed by atoms with E-state index in [4.69, 9.17) is 4.74 Å². The molecule has 6 nitrogen and oxygen atoms in total. The number of aromatic nitrogens is 3. The fourth-order valence-electron chi connectivity index (χ4n) is 1.76. The van der Waals surface area contributed by atoms with Gasteiger partial charge in [-0.15, -0.1) is 10.2 Å². The fourth-order valence-corrected chi connectivity index (χ4v) is 2.65. The monoisotopic (exact) mass is 294 g/mol. The third-order valence-corrected chi connectivity index (χ3v) is 3.64. The van der Waals surface area contributed by atoms with Crippen molar-refractivity contribution in [3.8, 4) is 5.75 Å². The number of amides is 1. The average molecular weight is 294 g/mol. The van der Waals surface area contributed by atoms with Gasteiger partial charge in [0.05, 0.1) is 0 Å². The molecule has 1 amide bonds. The predicted octanol–water partition coefficient (Wildman–Crippen LogP) is 1.54. The Labute approximate surface area is 118 Å². The Morgan fingerprint density at radius 1 is 1.40 bits per heavy atom. The van der Waals surface area contributed by atoms with Crippen LogP contribution in [0.25, 0.3) is 0 Å². The topological polar surface area (TPSA) is 69.0 Å². The molecule has 0 saturated heterocycles. The molecule has 0 fully saturated rings. The highest BCUT2D eigenvalue weighted by molar-refractivity contribution is 7.99. The van der Waals surface area contributed by atoms with Crippen LogP contribution in [-0.2, 0) is 11.3 Å². The molecule has 1 aliphatic rings. The van der Waals surface area contributed by atoms with Crippen LogP contribution in [-0.4, -0.2) is 33.0 Å². The van der Waals surface area contributed by atoms with E-state index in [9.17, 15) is 9.18 Å². The van der Waals surface area contributed by atoms with Crippen LogP contribution in [0.15, 0.2) is 29.4 Å². The molecule has 0 atom stereocenters. The van der Waals surface area contributed by atoms with Crippen molar-refractivity contribution in [2.24, 2.45) is 0 Å². The number of hydrogen-bond acceptors (Lipinski definition) is 5. The lowest BCUT2D eigenvalue weighted by molar-refractivity contribution is -0.118. The third kappa shape index (κ3) is 2.74. The highest BCUT2D eigenvalue weighted by Crippen LogP contribution is 2.26. The summed E-state index contributed by atoms with van der Waals surface area (Å²) in [4.78, 5) is 11.8. The van der Waals surface area contributed by atoms with E-state index in [0.717, 1.165) is 17.5 Å². The number of nitrogens with one attached hydrogen (secondary N) is 1. The second-order valence-corrected chi connectivity index (χ2v) is 5.16. The SMILES string of the molecule is O=C(COc1ccc(F)cc1)Nc1nnc2n1CCS2. The van der Waals surface area contributed by atoms with Gasteiger partial charge in [-0.25, -0.2) is 4.39 Å². The number of fused-ring (bicyclic) bond motifs is 1. The zero-order valence-corrected chi connectivity index (χ0v) is 11.2. The fraction of sp³-hybridized carbons (Fsp3) is 0.250. The number of thioether (sulfide) groups is 1. The Kier molecular flexibility index (Phi) is 3.55. The number of halogens is 1. The number of hydrogen-bond donors (Lipinski definition) is 1. The van der Waals surface area contributed by atoms with Crippen LogP contribution in [0.2, 0.25) is 0 Å². The summed E-state index contributed by atoms with van der Waals surface area (Å²) in [5.41, 5.74) is 0. The van der Waals surface area contributed by atoms with Crippen molar-refractivity contribution in [3.05, 3.63) is 30.1 Å². The Balaban J connectivity index is 1.56. The van der Waals surface area contributed by atoms with Gasteiger partial charge in [0.2, 0.25) is 5.95 Å². The second-order valence-electron chi connectivity index (χ2n) is 4.10. The minimum absolute atomic E-state index is 0.166. The van der Waals surface area contributed by atoms with Crippen molar-refractivity contribution < 1.29 is 13.9 Å². The molecular formula is C12H11FN4O2S. The van der Waals surface area contributed by atoms with Gasteiger partial charge in [0, 0.05) is 12.3 Å². The maximum Gasteiger partial charge on any atom is 0.264 e. The molecular weight excluding hydrogens is 283 g/mol. The van der Waals surface area contributed by atoms with E-state index in [1.54, 1.807) is 11.8 Å². The van der Waals surface area contributed by atoms with Crippen LogP contribution in [0.3, 0.4) is 0 Å². The van der Waals surface area contributed by atoms with E-state index in [2.05, 4.69) is 15.5 Å². The first-order valence-corrected chi connectivity index (χ1v) is 6.95. The van der Waals surface area contributed by atoms with Gasteiger partial charge in [0.25, 0.3) is 5.91 Å². The van der Waals surface area contributed by atoms with E-state index in [1.165, 1.54) is 24.3 Å². The maximum absolute atomic E-state index is 12.7. The third-order valence-electron chi connectivity index (χ3n) is 2.70. The molecule has 0 saturated carbocycles. The van der Waals surface area contributed by atoms with Gasteiger partial charge in [-0.2, -0.15) is 0 Å². The molecule has 3 rings (SSSR count). The minimum Gasteiger partial charge on any atom is -0.484 e. The van der Waals surface area contributed by atoms with Crippen molar-refractivity contribution in [1.29, 1.82) is 0 Å². The molecule has 0 unspecified atom stereocenters. The van der Waals surface area contributed by atoms with Gasteiger partial charge in [-0.05, 0) is 24.3 Å². The smallest absolute Gasteiger partial charge is 0.264 e. The maximum atomic E-state index is 12.7. The van der Waals surface area contributed by atoms with Crippen LogP contribution < -0.4 is 10.1 Å². The van der Waals surface area contributed by atoms with Gasteiger partial charge in [0.15, 0.2) is 11.8 Å². The summed E-state index contributed by atoms with van der Waals surface area (Å²) in [6.45, 7) is 0.613. The van der Waals surface area contributed by atoms with Crippen molar-refractivity contribution in [1.82, 2.24) is 14.8 Å².